The Morgan fingerprint density at radius 1 is 1.22 bits per heavy atom. The van der Waals surface area contributed by atoms with E-state index in [1.807, 2.05) is 12.1 Å². The summed E-state index contributed by atoms with van der Waals surface area (Å²) < 4.78 is 1.66. The normalized spacial score (nSPS) is 12.6. The Kier molecular flexibility index (Phi) is 4.59. The van der Waals surface area contributed by atoms with E-state index in [1.165, 1.54) is 24.3 Å². The Bertz CT molecular complexity index is 1070. The van der Waals surface area contributed by atoms with Crippen LogP contribution in [-0.2, 0) is 11.5 Å². The fraction of sp³-hybridized carbons (Fsp3) is 0.111. The number of anilines is 1. The monoisotopic (exact) mass is 400 g/mol. The largest absolute Gasteiger partial charge is 0.306 e. The molecule has 3 aromatic rings. The topological polar surface area (TPSA) is 90.1 Å². The Morgan fingerprint density at radius 2 is 2.04 bits per heavy atom. The number of fused-ring (bicyclic) bond motifs is 1. The van der Waals surface area contributed by atoms with Gasteiger partial charge in [0, 0.05) is 39.8 Å². The van der Waals surface area contributed by atoms with Crippen LogP contribution >= 0.6 is 23.4 Å². The smallest absolute Gasteiger partial charge is 0.270 e. The Labute approximate surface area is 163 Å². The lowest BCUT2D eigenvalue weighted by Crippen LogP contribution is -2.16. The first-order valence-electron chi connectivity index (χ1n) is 8.03. The molecule has 0 saturated heterocycles. The van der Waals surface area contributed by atoms with E-state index in [0.717, 1.165) is 28.5 Å². The first-order valence-corrected chi connectivity index (χ1v) is 9.56. The molecule has 1 aliphatic rings. The zero-order chi connectivity index (χ0) is 19.0. The van der Waals surface area contributed by atoms with Crippen molar-refractivity contribution in [3.63, 3.8) is 0 Å². The summed E-state index contributed by atoms with van der Waals surface area (Å²) in [5.41, 5.74) is 2.68. The minimum Gasteiger partial charge on any atom is -0.306 e. The summed E-state index contributed by atoms with van der Waals surface area (Å²) in [6, 6.07) is 12.8. The van der Waals surface area contributed by atoms with Crippen LogP contribution in [-0.4, -0.2) is 20.6 Å². The molecule has 7 nitrogen and oxygen atoms in total. The molecule has 0 fully saturated rings. The van der Waals surface area contributed by atoms with Crippen molar-refractivity contribution in [2.75, 3.05) is 5.32 Å². The van der Waals surface area contributed by atoms with Gasteiger partial charge in [-0.3, -0.25) is 14.9 Å². The van der Waals surface area contributed by atoms with Crippen LogP contribution in [0.25, 0.3) is 5.69 Å². The summed E-state index contributed by atoms with van der Waals surface area (Å²) >= 11 is 7.81. The minimum absolute atomic E-state index is 0.133. The summed E-state index contributed by atoms with van der Waals surface area (Å²) in [5.74, 6) is 1.64. The van der Waals surface area contributed by atoms with Gasteiger partial charge < -0.3 is 5.32 Å². The first kappa shape index (κ1) is 17.6. The lowest BCUT2D eigenvalue weighted by atomic mass is 10.2. The molecular weight excluding hydrogens is 388 g/mol. The molecule has 2 aromatic carbocycles. The molecule has 0 aliphatic carbocycles. The molecule has 0 bridgehead atoms. The number of nitro benzene ring substituents is 1. The molecule has 2 heterocycles. The van der Waals surface area contributed by atoms with E-state index in [-0.39, 0.29) is 11.3 Å². The number of amides is 1. The van der Waals surface area contributed by atoms with Gasteiger partial charge in [0.15, 0.2) is 0 Å². The van der Waals surface area contributed by atoms with Gasteiger partial charge in [-0.1, -0.05) is 23.7 Å². The molecule has 0 saturated carbocycles. The lowest BCUT2D eigenvalue weighted by Gasteiger charge is -2.11. The Morgan fingerprint density at radius 3 is 2.81 bits per heavy atom. The predicted molar refractivity (Wildman–Crippen MR) is 105 cm³/mol. The van der Waals surface area contributed by atoms with Crippen LogP contribution in [0.4, 0.5) is 11.5 Å². The van der Waals surface area contributed by atoms with Crippen molar-refractivity contribution in [3.05, 3.63) is 80.5 Å². The molecule has 9 heteroatoms. The van der Waals surface area contributed by atoms with Crippen LogP contribution < -0.4 is 5.32 Å². The van der Waals surface area contributed by atoms with Crippen molar-refractivity contribution in [3.8, 4) is 5.69 Å². The number of halogens is 1. The Hall–Kier alpha value is -2.84. The summed E-state index contributed by atoms with van der Waals surface area (Å²) in [4.78, 5) is 23.2. The maximum atomic E-state index is 12.7. The minimum atomic E-state index is -0.526. The highest BCUT2D eigenvalue weighted by Gasteiger charge is 2.25. The van der Waals surface area contributed by atoms with Gasteiger partial charge in [0.25, 0.3) is 11.6 Å². The van der Waals surface area contributed by atoms with E-state index < -0.39 is 10.8 Å². The van der Waals surface area contributed by atoms with Crippen molar-refractivity contribution in [2.24, 2.45) is 0 Å². The number of rotatable bonds is 4. The third-order valence-corrected chi connectivity index (χ3v) is 5.36. The molecule has 0 spiro atoms. The highest BCUT2D eigenvalue weighted by Crippen LogP contribution is 2.36. The van der Waals surface area contributed by atoms with E-state index >= 15 is 0 Å². The van der Waals surface area contributed by atoms with Gasteiger partial charge in [0.2, 0.25) is 0 Å². The second kappa shape index (κ2) is 7.05. The van der Waals surface area contributed by atoms with E-state index in [1.54, 1.807) is 28.6 Å². The van der Waals surface area contributed by atoms with E-state index in [0.29, 0.717) is 10.8 Å². The van der Waals surface area contributed by atoms with Gasteiger partial charge in [-0.05, 0) is 24.3 Å². The second-order valence-corrected chi connectivity index (χ2v) is 7.34. The van der Waals surface area contributed by atoms with Crippen molar-refractivity contribution < 1.29 is 9.72 Å². The second-order valence-electron chi connectivity index (χ2n) is 5.92. The lowest BCUT2D eigenvalue weighted by molar-refractivity contribution is -0.384. The summed E-state index contributed by atoms with van der Waals surface area (Å²) in [6.07, 6.45) is 0. The number of nitrogens with one attached hydrogen (secondary N) is 1. The number of carbonyl (C=O) groups is 1. The molecule has 4 rings (SSSR count). The van der Waals surface area contributed by atoms with Gasteiger partial charge in [0.05, 0.1) is 16.3 Å². The van der Waals surface area contributed by atoms with Crippen LogP contribution in [0.5, 0.6) is 0 Å². The van der Waals surface area contributed by atoms with E-state index in [4.69, 9.17) is 11.6 Å². The molecule has 1 aromatic heterocycles. The molecule has 0 atom stereocenters. The maximum Gasteiger partial charge on any atom is 0.270 e. The van der Waals surface area contributed by atoms with Crippen molar-refractivity contribution >= 4 is 40.8 Å². The van der Waals surface area contributed by atoms with Crippen molar-refractivity contribution in [1.29, 1.82) is 0 Å². The molecule has 27 heavy (non-hydrogen) atoms. The zero-order valence-corrected chi connectivity index (χ0v) is 15.5. The fourth-order valence-electron chi connectivity index (χ4n) is 2.88. The molecule has 1 N–H and O–H groups in total. The molecular formula is C18H13ClN4O3S. The van der Waals surface area contributed by atoms with Gasteiger partial charge in [-0.2, -0.15) is 16.9 Å². The van der Waals surface area contributed by atoms with Crippen LogP contribution in [0.1, 0.15) is 21.6 Å². The molecule has 1 amide bonds. The quantitative estimate of drug-likeness (QED) is 0.516. The molecule has 136 valence electrons. The zero-order valence-electron chi connectivity index (χ0n) is 13.9. The van der Waals surface area contributed by atoms with Crippen LogP contribution in [0.15, 0.2) is 48.5 Å². The molecule has 1 aliphatic heterocycles. The number of thioether (sulfide) groups is 1. The Balaban J connectivity index is 1.72. The van der Waals surface area contributed by atoms with E-state index in [9.17, 15) is 14.9 Å². The van der Waals surface area contributed by atoms with Gasteiger partial charge in [-0.25, -0.2) is 4.68 Å². The standard InChI is InChI=1S/C18H13ClN4O3S/c19-12-4-2-5-13(8-12)22-17(15-9-27-10-16(15)21-22)20-18(24)11-3-1-6-14(7-11)23(25)26/h1-8H,9-10H2,(H,20,24). The number of aromatic nitrogens is 2. The van der Waals surface area contributed by atoms with Gasteiger partial charge in [-0.15, -0.1) is 0 Å². The fourth-order valence-corrected chi connectivity index (χ4v) is 4.10. The summed E-state index contributed by atoms with van der Waals surface area (Å²) in [7, 11) is 0. The highest BCUT2D eigenvalue weighted by molar-refractivity contribution is 7.98. The number of nitro groups is 1. The van der Waals surface area contributed by atoms with Crippen LogP contribution in [0.2, 0.25) is 5.02 Å². The number of non-ortho nitro benzene ring substituents is 1. The molecule has 0 unspecified atom stereocenters. The predicted octanol–water partition coefficient (Wildman–Crippen LogP) is 4.43. The van der Waals surface area contributed by atoms with Crippen LogP contribution in [0.3, 0.4) is 0 Å². The maximum absolute atomic E-state index is 12.7. The number of carbonyl (C=O) groups excluding carboxylic acids is 1. The van der Waals surface area contributed by atoms with Crippen molar-refractivity contribution in [2.45, 2.75) is 11.5 Å². The average molecular weight is 401 g/mol. The third-order valence-electron chi connectivity index (χ3n) is 4.16. The summed E-state index contributed by atoms with van der Waals surface area (Å²) in [5, 5.41) is 19.0. The SMILES string of the molecule is O=C(Nc1c2c(nn1-c1cccc(Cl)c1)CSC2)c1cccc([N+](=O)[O-])c1. The van der Waals surface area contributed by atoms with Gasteiger partial charge >= 0.3 is 0 Å². The number of nitrogens with zero attached hydrogens (tertiary/aromatic N) is 3. The third kappa shape index (κ3) is 3.41. The van der Waals surface area contributed by atoms with Gasteiger partial charge in [0.1, 0.15) is 5.82 Å². The first-order chi connectivity index (χ1) is 13.0. The van der Waals surface area contributed by atoms with Crippen molar-refractivity contribution in [1.82, 2.24) is 9.78 Å². The highest BCUT2D eigenvalue weighted by atomic mass is 35.5. The number of hydrogen-bond acceptors (Lipinski definition) is 5. The number of hydrogen-bond donors (Lipinski definition) is 1. The van der Waals surface area contributed by atoms with Crippen LogP contribution in [0, 0.1) is 10.1 Å². The summed E-state index contributed by atoms with van der Waals surface area (Å²) in [6.45, 7) is 0. The average Bonchev–Trinajstić information content (AvgIpc) is 3.24. The van der Waals surface area contributed by atoms with E-state index in [2.05, 4.69) is 10.4 Å². The number of benzene rings is 2. The molecule has 0 radical (unpaired) electrons.